The molecule has 0 spiro atoms. The number of alkyl halides is 3. The van der Waals surface area contributed by atoms with Gasteiger partial charge >= 0.3 is 6.18 Å². The summed E-state index contributed by atoms with van der Waals surface area (Å²) in [5.41, 5.74) is -1.42. The number of amides is 1. The Morgan fingerprint density at radius 3 is 2.70 bits per heavy atom. The van der Waals surface area contributed by atoms with Gasteiger partial charge in [-0.1, -0.05) is 17.8 Å². The fourth-order valence-corrected chi connectivity index (χ4v) is 3.41. The van der Waals surface area contributed by atoms with Gasteiger partial charge in [-0.2, -0.15) is 13.2 Å². The second-order valence-electron chi connectivity index (χ2n) is 5.08. The summed E-state index contributed by atoms with van der Waals surface area (Å²) in [7, 11) is 0. The zero-order valence-corrected chi connectivity index (χ0v) is 11.4. The fourth-order valence-electron chi connectivity index (χ4n) is 2.46. The van der Waals surface area contributed by atoms with Crippen LogP contribution in [0.2, 0.25) is 0 Å². The van der Waals surface area contributed by atoms with Crippen LogP contribution < -0.4 is 5.32 Å². The Bertz CT molecular complexity index is 514. The van der Waals surface area contributed by atoms with E-state index >= 15 is 0 Å². The highest BCUT2D eigenvalue weighted by atomic mass is 32.1. The molecule has 1 aliphatic carbocycles. The standard InChI is InChI=1S/C12H13F3N2O2S/c13-12(14,15)11(3-1-4-11)9(18)17-10-16-7-2-5-19-6-8(7)20-10/h1-6H2,(H,16,17,18). The molecule has 0 bridgehead atoms. The fraction of sp³-hybridized carbons (Fsp3) is 0.667. The number of nitrogens with zero attached hydrogens (tertiary/aromatic N) is 1. The van der Waals surface area contributed by atoms with Gasteiger partial charge in [0, 0.05) is 6.42 Å². The Balaban J connectivity index is 1.77. The molecule has 3 rings (SSSR count). The number of anilines is 1. The summed E-state index contributed by atoms with van der Waals surface area (Å²) in [5.74, 6) is -0.983. The van der Waals surface area contributed by atoms with Crippen molar-refractivity contribution in [3.8, 4) is 0 Å². The van der Waals surface area contributed by atoms with E-state index < -0.39 is 17.5 Å². The van der Waals surface area contributed by atoms with Crippen molar-refractivity contribution in [2.24, 2.45) is 5.41 Å². The molecule has 1 saturated carbocycles. The minimum atomic E-state index is -4.50. The summed E-state index contributed by atoms with van der Waals surface area (Å²) in [6.45, 7) is 0.962. The SMILES string of the molecule is O=C(Nc1nc2c(s1)COCC2)C1(C(F)(F)F)CCC1. The second-order valence-corrected chi connectivity index (χ2v) is 6.16. The average Bonchev–Trinajstić information content (AvgIpc) is 2.66. The van der Waals surface area contributed by atoms with Crippen LogP contribution in [0.5, 0.6) is 0 Å². The van der Waals surface area contributed by atoms with E-state index in [9.17, 15) is 18.0 Å². The van der Waals surface area contributed by atoms with Gasteiger partial charge in [0.15, 0.2) is 5.13 Å². The van der Waals surface area contributed by atoms with E-state index in [0.29, 0.717) is 26.1 Å². The Morgan fingerprint density at radius 2 is 2.15 bits per heavy atom. The number of nitrogens with one attached hydrogen (secondary N) is 1. The van der Waals surface area contributed by atoms with Gasteiger partial charge in [0.2, 0.25) is 5.91 Å². The third kappa shape index (κ3) is 2.10. The van der Waals surface area contributed by atoms with Gasteiger partial charge in [-0.05, 0) is 12.8 Å². The molecule has 110 valence electrons. The maximum Gasteiger partial charge on any atom is 0.403 e. The highest BCUT2D eigenvalue weighted by Crippen LogP contribution is 2.53. The Labute approximate surface area is 117 Å². The highest BCUT2D eigenvalue weighted by molar-refractivity contribution is 7.15. The predicted molar refractivity (Wildman–Crippen MR) is 66.4 cm³/mol. The zero-order valence-electron chi connectivity index (χ0n) is 10.5. The first-order valence-corrected chi connectivity index (χ1v) is 7.18. The van der Waals surface area contributed by atoms with Gasteiger partial charge in [-0.15, -0.1) is 0 Å². The number of carbonyl (C=O) groups is 1. The van der Waals surface area contributed by atoms with Gasteiger partial charge in [-0.25, -0.2) is 4.98 Å². The number of halogens is 3. The van der Waals surface area contributed by atoms with Crippen LogP contribution in [-0.4, -0.2) is 23.7 Å². The molecule has 1 aromatic rings. The van der Waals surface area contributed by atoms with E-state index in [1.54, 1.807) is 0 Å². The van der Waals surface area contributed by atoms with Gasteiger partial charge in [0.05, 0.1) is 23.8 Å². The van der Waals surface area contributed by atoms with Crippen LogP contribution in [-0.2, 0) is 22.6 Å². The highest BCUT2D eigenvalue weighted by Gasteiger charge is 2.63. The predicted octanol–water partition coefficient (Wildman–Crippen LogP) is 2.89. The quantitative estimate of drug-likeness (QED) is 0.914. The molecule has 0 aromatic carbocycles. The molecule has 1 fully saturated rings. The Kier molecular flexibility index (Phi) is 3.24. The normalized spacial score (nSPS) is 20.9. The summed E-state index contributed by atoms with van der Waals surface area (Å²) in [5, 5.41) is 2.58. The number of fused-ring (bicyclic) bond motifs is 1. The average molecular weight is 306 g/mol. The van der Waals surface area contributed by atoms with Crippen LogP contribution in [0.25, 0.3) is 0 Å². The van der Waals surface area contributed by atoms with Crippen molar-refractivity contribution in [1.29, 1.82) is 0 Å². The third-order valence-corrected chi connectivity index (χ3v) is 4.89. The Hall–Kier alpha value is -1.15. The molecule has 2 aliphatic rings. The van der Waals surface area contributed by atoms with Crippen molar-refractivity contribution in [3.05, 3.63) is 10.6 Å². The number of hydrogen-bond acceptors (Lipinski definition) is 4. The maximum absolute atomic E-state index is 13.0. The molecule has 0 unspecified atom stereocenters. The van der Waals surface area contributed by atoms with Crippen molar-refractivity contribution in [2.75, 3.05) is 11.9 Å². The van der Waals surface area contributed by atoms with Gasteiger partial charge in [-0.3, -0.25) is 4.79 Å². The molecule has 1 aromatic heterocycles. The number of hydrogen-bond donors (Lipinski definition) is 1. The molecule has 8 heteroatoms. The number of carbonyl (C=O) groups excluding carboxylic acids is 1. The first-order valence-electron chi connectivity index (χ1n) is 6.37. The van der Waals surface area contributed by atoms with E-state index in [1.807, 2.05) is 0 Å². The molecule has 0 radical (unpaired) electrons. The molecule has 1 amide bonds. The summed E-state index contributed by atoms with van der Waals surface area (Å²) < 4.78 is 44.4. The van der Waals surface area contributed by atoms with Crippen molar-refractivity contribution in [2.45, 2.75) is 38.5 Å². The van der Waals surface area contributed by atoms with E-state index in [2.05, 4.69) is 10.3 Å². The molecule has 0 saturated heterocycles. The molecular weight excluding hydrogens is 293 g/mol. The summed E-state index contributed by atoms with van der Waals surface area (Å²) >= 11 is 1.19. The Morgan fingerprint density at radius 1 is 1.40 bits per heavy atom. The van der Waals surface area contributed by atoms with Gasteiger partial charge in [0.25, 0.3) is 0 Å². The van der Waals surface area contributed by atoms with Crippen LogP contribution in [0.3, 0.4) is 0 Å². The van der Waals surface area contributed by atoms with Crippen molar-refractivity contribution >= 4 is 22.4 Å². The lowest BCUT2D eigenvalue weighted by Crippen LogP contribution is -2.52. The lowest BCUT2D eigenvalue weighted by atomic mass is 9.67. The summed E-state index contributed by atoms with van der Waals surface area (Å²) in [6.07, 6.45) is -3.73. The number of thiazole rings is 1. The maximum atomic E-state index is 13.0. The number of aromatic nitrogens is 1. The van der Waals surface area contributed by atoms with E-state index in [-0.39, 0.29) is 18.0 Å². The lowest BCUT2D eigenvalue weighted by molar-refractivity contribution is -0.240. The third-order valence-electron chi connectivity index (χ3n) is 3.90. The van der Waals surface area contributed by atoms with E-state index in [4.69, 9.17) is 4.74 Å². The van der Waals surface area contributed by atoms with Crippen LogP contribution >= 0.6 is 11.3 Å². The first kappa shape index (κ1) is 13.8. The molecule has 4 nitrogen and oxygen atoms in total. The van der Waals surface area contributed by atoms with Gasteiger partial charge in [0.1, 0.15) is 5.41 Å². The van der Waals surface area contributed by atoms with E-state index in [0.717, 1.165) is 10.6 Å². The van der Waals surface area contributed by atoms with Crippen LogP contribution in [0, 0.1) is 5.41 Å². The topological polar surface area (TPSA) is 51.2 Å². The van der Waals surface area contributed by atoms with Crippen LogP contribution in [0.15, 0.2) is 0 Å². The second kappa shape index (κ2) is 4.70. The smallest absolute Gasteiger partial charge is 0.375 e. The number of ether oxygens (including phenoxy) is 1. The molecular formula is C12H13F3N2O2S. The zero-order chi connectivity index (χ0) is 14.4. The van der Waals surface area contributed by atoms with Gasteiger partial charge < -0.3 is 10.1 Å². The van der Waals surface area contributed by atoms with E-state index in [1.165, 1.54) is 11.3 Å². The van der Waals surface area contributed by atoms with Crippen LogP contribution in [0.4, 0.5) is 18.3 Å². The molecule has 2 heterocycles. The molecule has 1 N–H and O–H groups in total. The lowest BCUT2D eigenvalue weighted by Gasteiger charge is -2.40. The summed E-state index contributed by atoms with van der Waals surface area (Å²) in [6, 6.07) is 0. The minimum Gasteiger partial charge on any atom is -0.375 e. The largest absolute Gasteiger partial charge is 0.403 e. The minimum absolute atomic E-state index is 0.142. The molecule has 0 atom stereocenters. The molecule has 20 heavy (non-hydrogen) atoms. The first-order chi connectivity index (χ1) is 9.42. The molecule has 1 aliphatic heterocycles. The number of rotatable bonds is 2. The summed E-state index contributed by atoms with van der Waals surface area (Å²) in [4.78, 5) is 17.0. The van der Waals surface area contributed by atoms with Crippen molar-refractivity contribution < 1.29 is 22.7 Å². The van der Waals surface area contributed by atoms with Crippen molar-refractivity contribution in [3.63, 3.8) is 0 Å². The van der Waals surface area contributed by atoms with Crippen molar-refractivity contribution in [1.82, 2.24) is 4.98 Å². The van der Waals surface area contributed by atoms with Crippen LogP contribution in [0.1, 0.15) is 29.8 Å². The monoisotopic (exact) mass is 306 g/mol.